The number of hydrogen-bond acceptors (Lipinski definition) is 3. The molecule has 0 aromatic rings. The molecule has 8 heteroatoms. The smallest absolute Gasteiger partial charge is 0.318 e. The normalized spacial score (nSPS) is 11.3. The van der Waals surface area contributed by atoms with E-state index in [1.165, 1.54) is 0 Å². The zero-order valence-electron chi connectivity index (χ0n) is 10.9. The molecule has 2 unspecified atom stereocenters. The van der Waals surface area contributed by atoms with Crippen LogP contribution in [0.25, 0.3) is 0 Å². The van der Waals surface area contributed by atoms with Gasteiger partial charge >= 0.3 is 6.03 Å². The Morgan fingerprint density at radius 3 is 1.91 bits per heavy atom. The fraction of sp³-hybridized carbons (Fsp3) is 0.857. The highest BCUT2D eigenvalue weighted by Gasteiger charge is 2.09. The Morgan fingerprint density at radius 2 is 1.59 bits per heavy atom. The molecule has 7 N–H and O–H groups in total. The van der Waals surface area contributed by atoms with Gasteiger partial charge in [0.25, 0.3) is 0 Å². The average Bonchev–Trinajstić information content (AvgIpc) is 2.22. The molecule has 0 rings (SSSR count). The number of amides is 2. The maximum absolute atomic E-state index is 10.5. The SMILES string of the molecule is C.C.C.C.CCC(CN)CC(C)CN=C(N)NC(N)=O.Cl.Cl. The first-order valence-electron chi connectivity index (χ1n) is 5.56. The molecule has 0 aliphatic heterocycles. The summed E-state index contributed by atoms with van der Waals surface area (Å²) in [5, 5.41) is 2.22. The molecule has 0 aromatic heterocycles. The minimum Gasteiger partial charge on any atom is -0.370 e. The lowest BCUT2D eigenvalue weighted by Crippen LogP contribution is -2.40. The van der Waals surface area contributed by atoms with Crippen molar-refractivity contribution in [3.63, 3.8) is 0 Å². The third-order valence-electron chi connectivity index (χ3n) is 2.47. The van der Waals surface area contributed by atoms with Gasteiger partial charge in [-0.2, -0.15) is 0 Å². The molecule has 142 valence electrons. The molecule has 0 fully saturated rings. The van der Waals surface area contributed by atoms with E-state index >= 15 is 0 Å². The van der Waals surface area contributed by atoms with Crippen molar-refractivity contribution in [1.29, 1.82) is 0 Å². The van der Waals surface area contributed by atoms with Gasteiger partial charge in [0, 0.05) is 6.54 Å². The third-order valence-corrected chi connectivity index (χ3v) is 2.47. The first-order chi connectivity index (χ1) is 7.49. The van der Waals surface area contributed by atoms with Gasteiger partial charge in [0.15, 0.2) is 5.96 Å². The van der Waals surface area contributed by atoms with Gasteiger partial charge in [-0.3, -0.25) is 10.3 Å². The predicted octanol–water partition coefficient (Wildman–Crippen LogP) is 3.37. The minimum atomic E-state index is -0.692. The molecule has 0 aliphatic carbocycles. The Bertz CT molecular complexity index is 249. The van der Waals surface area contributed by atoms with Crippen LogP contribution in [0, 0.1) is 11.8 Å². The average molecular weight is 366 g/mol. The minimum absolute atomic E-state index is 0. The third kappa shape index (κ3) is 24.3. The van der Waals surface area contributed by atoms with Gasteiger partial charge in [0.05, 0.1) is 0 Å². The molecule has 2 amide bonds. The number of primary amides is 1. The molecule has 0 saturated carbocycles. The molecule has 0 spiro atoms. The van der Waals surface area contributed by atoms with E-state index in [0.29, 0.717) is 24.9 Å². The second-order valence-corrected chi connectivity index (χ2v) is 4.07. The van der Waals surface area contributed by atoms with E-state index in [-0.39, 0.29) is 60.5 Å². The molecule has 0 aromatic carbocycles. The quantitative estimate of drug-likeness (QED) is 0.426. The predicted molar refractivity (Wildman–Crippen MR) is 107 cm³/mol. The number of nitrogens with two attached hydrogens (primary N) is 3. The summed E-state index contributed by atoms with van der Waals surface area (Å²) in [6.07, 6.45) is 2.08. The van der Waals surface area contributed by atoms with Crippen molar-refractivity contribution in [2.24, 2.45) is 34.0 Å². The summed E-state index contributed by atoms with van der Waals surface area (Å²) in [5.41, 5.74) is 15.9. The van der Waals surface area contributed by atoms with Gasteiger partial charge in [0.2, 0.25) is 0 Å². The standard InChI is InChI=1S/C10H23N5O.4CH4.2ClH/c1-3-8(5-11)4-7(2)6-14-9(12)15-10(13)16;;;;;;/h7-8H,3-6,11H2,1-2H3,(H5,12,13,14,15,16);4*1H4;2*1H. The molecular formula is C14H41Cl2N5O. The first kappa shape index (κ1) is 42.9. The van der Waals surface area contributed by atoms with E-state index in [1.807, 2.05) is 0 Å². The summed E-state index contributed by atoms with van der Waals surface area (Å²) in [6.45, 7) is 5.47. The monoisotopic (exact) mass is 365 g/mol. The number of halogens is 2. The fourth-order valence-electron chi connectivity index (χ4n) is 1.49. The van der Waals surface area contributed by atoms with Crippen molar-refractivity contribution in [1.82, 2.24) is 5.32 Å². The van der Waals surface area contributed by atoms with E-state index in [0.717, 1.165) is 12.8 Å². The summed E-state index contributed by atoms with van der Waals surface area (Å²) >= 11 is 0. The van der Waals surface area contributed by atoms with Crippen LogP contribution < -0.4 is 22.5 Å². The van der Waals surface area contributed by atoms with E-state index in [9.17, 15) is 4.79 Å². The molecule has 0 bridgehead atoms. The number of urea groups is 1. The second-order valence-electron chi connectivity index (χ2n) is 4.07. The lowest BCUT2D eigenvalue weighted by Gasteiger charge is -2.16. The topological polar surface area (TPSA) is 120 Å². The van der Waals surface area contributed by atoms with Gasteiger partial charge in [-0.15, -0.1) is 24.8 Å². The van der Waals surface area contributed by atoms with Crippen molar-refractivity contribution in [3.8, 4) is 0 Å². The summed E-state index contributed by atoms with van der Waals surface area (Å²) < 4.78 is 0. The molecule has 0 heterocycles. The van der Waals surface area contributed by atoms with Crippen LogP contribution in [0.15, 0.2) is 4.99 Å². The van der Waals surface area contributed by atoms with Gasteiger partial charge in [0.1, 0.15) is 0 Å². The molecule has 0 aliphatic rings. The summed E-state index contributed by atoms with van der Waals surface area (Å²) in [7, 11) is 0. The Morgan fingerprint density at radius 1 is 1.14 bits per heavy atom. The summed E-state index contributed by atoms with van der Waals surface area (Å²) in [4.78, 5) is 14.5. The maximum Gasteiger partial charge on any atom is 0.318 e. The number of aliphatic imine (C=N–C) groups is 1. The highest BCUT2D eigenvalue weighted by atomic mass is 35.5. The van der Waals surface area contributed by atoms with E-state index < -0.39 is 6.03 Å². The van der Waals surface area contributed by atoms with Crippen molar-refractivity contribution < 1.29 is 4.79 Å². The van der Waals surface area contributed by atoms with Crippen LogP contribution >= 0.6 is 24.8 Å². The van der Waals surface area contributed by atoms with Crippen LogP contribution in [0.3, 0.4) is 0 Å². The molecule has 0 radical (unpaired) electrons. The van der Waals surface area contributed by atoms with E-state index in [4.69, 9.17) is 17.2 Å². The Labute approximate surface area is 150 Å². The first-order valence-corrected chi connectivity index (χ1v) is 5.56. The lowest BCUT2D eigenvalue weighted by atomic mass is 9.94. The number of nitrogens with one attached hydrogen (secondary N) is 1. The number of carbonyl (C=O) groups excluding carboxylic acids is 1. The number of nitrogens with zero attached hydrogens (tertiary/aromatic N) is 1. The van der Waals surface area contributed by atoms with Crippen molar-refractivity contribution in [3.05, 3.63) is 0 Å². The van der Waals surface area contributed by atoms with Crippen LogP contribution in [0.2, 0.25) is 0 Å². The highest BCUT2D eigenvalue weighted by Crippen LogP contribution is 2.14. The largest absolute Gasteiger partial charge is 0.370 e. The van der Waals surface area contributed by atoms with Crippen LogP contribution in [0.4, 0.5) is 4.79 Å². The van der Waals surface area contributed by atoms with Crippen LogP contribution in [0.5, 0.6) is 0 Å². The van der Waals surface area contributed by atoms with Gasteiger partial charge < -0.3 is 17.2 Å². The molecule has 22 heavy (non-hydrogen) atoms. The number of hydrogen-bond donors (Lipinski definition) is 4. The van der Waals surface area contributed by atoms with Gasteiger partial charge in [-0.1, -0.05) is 50.0 Å². The van der Waals surface area contributed by atoms with E-state index in [1.54, 1.807) is 0 Å². The van der Waals surface area contributed by atoms with Crippen LogP contribution in [-0.4, -0.2) is 25.1 Å². The molecular weight excluding hydrogens is 325 g/mol. The fourth-order valence-corrected chi connectivity index (χ4v) is 1.49. The van der Waals surface area contributed by atoms with Crippen LogP contribution in [0.1, 0.15) is 56.4 Å². The Hall–Kier alpha value is -0.720. The van der Waals surface area contributed by atoms with Crippen molar-refractivity contribution >= 4 is 36.8 Å². The maximum atomic E-state index is 10.5. The number of guanidine groups is 1. The van der Waals surface area contributed by atoms with Crippen molar-refractivity contribution in [2.45, 2.75) is 56.4 Å². The summed E-state index contributed by atoms with van der Waals surface area (Å²) in [5.74, 6) is 0.984. The molecule has 6 nitrogen and oxygen atoms in total. The zero-order chi connectivity index (χ0) is 12.6. The zero-order valence-corrected chi connectivity index (χ0v) is 12.5. The second kappa shape index (κ2) is 25.2. The highest BCUT2D eigenvalue weighted by molar-refractivity contribution is 5.94. The summed E-state index contributed by atoms with van der Waals surface area (Å²) in [6, 6.07) is -0.692. The van der Waals surface area contributed by atoms with E-state index in [2.05, 4.69) is 24.2 Å². The van der Waals surface area contributed by atoms with Gasteiger partial charge in [-0.05, 0) is 24.8 Å². The van der Waals surface area contributed by atoms with Crippen LogP contribution in [-0.2, 0) is 0 Å². The van der Waals surface area contributed by atoms with Crippen molar-refractivity contribution in [2.75, 3.05) is 13.1 Å². The lowest BCUT2D eigenvalue weighted by molar-refractivity contribution is 0.253. The number of rotatable bonds is 6. The Balaban J connectivity index is -0.0000000750. The molecule has 2 atom stereocenters. The Kier molecular flexibility index (Phi) is 49.3. The number of carbonyl (C=O) groups is 1. The van der Waals surface area contributed by atoms with Gasteiger partial charge in [-0.25, -0.2) is 4.79 Å². The molecule has 0 saturated heterocycles.